The largest absolute Gasteiger partial charge is 0.478 e. The minimum atomic E-state index is -0.965. The summed E-state index contributed by atoms with van der Waals surface area (Å²) < 4.78 is 5.41. The Morgan fingerprint density at radius 3 is 2.72 bits per heavy atom. The van der Waals surface area contributed by atoms with Crippen LogP contribution in [0, 0.1) is 6.92 Å². The summed E-state index contributed by atoms with van der Waals surface area (Å²) in [6.07, 6.45) is 1.36. The third-order valence-electron chi connectivity index (χ3n) is 2.47. The number of carbonyl (C=O) groups is 1. The summed E-state index contributed by atoms with van der Waals surface area (Å²) in [5, 5.41) is 11.9. The number of furan rings is 1. The first kappa shape index (κ1) is 12.3. The molecule has 0 fully saturated rings. The lowest BCUT2D eigenvalue weighted by Gasteiger charge is -2.02. The second-order valence-electron chi connectivity index (χ2n) is 3.96. The van der Waals surface area contributed by atoms with Gasteiger partial charge < -0.3 is 14.8 Å². The second kappa shape index (κ2) is 5.46. The fourth-order valence-corrected chi connectivity index (χ4v) is 1.55. The summed E-state index contributed by atoms with van der Waals surface area (Å²) in [7, 11) is 0. The molecule has 2 N–H and O–H groups in total. The van der Waals surface area contributed by atoms with E-state index in [1.54, 1.807) is 12.1 Å². The molecule has 0 aliphatic carbocycles. The Morgan fingerprint density at radius 2 is 2.17 bits per heavy atom. The molecule has 18 heavy (non-hydrogen) atoms. The number of hydrogen-bond donors (Lipinski definition) is 2. The summed E-state index contributed by atoms with van der Waals surface area (Å²) in [5.74, 6) is 0.790. The zero-order valence-electron chi connectivity index (χ0n) is 10.0. The van der Waals surface area contributed by atoms with Gasteiger partial charge in [-0.3, -0.25) is 4.98 Å². The van der Waals surface area contributed by atoms with Crippen molar-refractivity contribution in [1.82, 2.24) is 10.3 Å². The predicted molar refractivity (Wildman–Crippen MR) is 65.2 cm³/mol. The first-order chi connectivity index (χ1) is 8.65. The molecule has 0 aromatic carbocycles. The monoisotopic (exact) mass is 246 g/mol. The average molecular weight is 246 g/mol. The molecule has 2 aromatic rings. The summed E-state index contributed by atoms with van der Waals surface area (Å²) >= 11 is 0. The zero-order chi connectivity index (χ0) is 13.0. The predicted octanol–water partition coefficient (Wildman–Crippen LogP) is 1.97. The van der Waals surface area contributed by atoms with Gasteiger partial charge in [-0.2, -0.15) is 0 Å². The van der Waals surface area contributed by atoms with Crippen LogP contribution < -0.4 is 5.32 Å². The summed E-state index contributed by atoms with van der Waals surface area (Å²) in [5.41, 5.74) is 0.990. The van der Waals surface area contributed by atoms with E-state index in [1.165, 1.54) is 6.20 Å². The maximum absolute atomic E-state index is 10.6. The third-order valence-corrected chi connectivity index (χ3v) is 2.47. The molecule has 2 aromatic heterocycles. The van der Waals surface area contributed by atoms with E-state index < -0.39 is 5.97 Å². The Labute approximate surface area is 104 Å². The van der Waals surface area contributed by atoms with E-state index in [4.69, 9.17) is 9.52 Å². The highest BCUT2D eigenvalue weighted by Gasteiger charge is 2.03. The topological polar surface area (TPSA) is 75.4 Å². The van der Waals surface area contributed by atoms with E-state index >= 15 is 0 Å². The standard InChI is InChI=1S/C13H14N2O3/c1-9-2-5-12(18-9)8-14-7-11-4-3-10(6-15-11)13(16)17/h2-6,14H,7-8H2,1H3,(H,16,17). The molecule has 5 nitrogen and oxygen atoms in total. The lowest BCUT2D eigenvalue weighted by atomic mass is 10.2. The molecule has 0 unspecified atom stereocenters. The highest BCUT2D eigenvalue weighted by Crippen LogP contribution is 2.06. The summed E-state index contributed by atoms with van der Waals surface area (Å²) in [6, 6.07) is 7.08. The van der Waals surface area contributed by atoms with Gasteiger partial charge in [0.15, 0.2) is 0 Å². The van der Waals surface area contributed by atoms with Crippen molar-refractivity contribution >= 4 is 5.97 Å². The lowest BCUT2D eigenvalue weighted by molar-refractivity contribution is 0.0696. The molecule has 5 heteroatoms. The highest BCUT2D eigenvalue weighted by atomic mass is 16.4. The Morgan fingerprint density at radius 1 is 1.33 bits per heavy atom. The van der Waals surface area contributed by atoms with Gasteiger partial charge in [-0.05, 0) is 31.2 Å². The van der Waals surface area contributed by atoms with Gasteiger partial charge in [0.25, 0.3) is 0 Å². The minimum Gasteiger partial charge on any atom is -0.478 e. The van der Waals surface area contributed by atoms with Gasteiger partial charge in [-0.25, -0.2) is 4.79 Å². The van der Waals surface area contributed by atoms with E-state index in [0.717, 1.165) is 17.2 Å². The van der Waals surface area contributed by atoms with Crippen LogP contribution in [0.25, 0.3) is 0 Å². The second-order valence-corrected chi connectivity index (χ2v) is 3.96. The Balaban J connectivity index is 1.85. The molecule has 0 spiro atoms. The molecule has 0 saturated heterocycles. The van der Waals surface area contributed by atoms with Crippen LogP contribution in [0.5, 0.6) is 0 Å². The van der Waals surface area contributed by atoms with Gasteiger partial charge in [0.05, 0.1) is 17.8 Å². The number of pyridine rings is 1. The van der Waals surface area contributed by atoms with Gasteiger partial charge in [0, 0.05) is 12.7 Å². The van der Waals surface area contributed by atoms with Gasteiger partial charge in [-0.1, -0.05) is 0 Å². The van der Waals surface area contributed by atoms with Crippen molar-refractivity contribution in [1.29, 1.82) is 0 Å². The van der Waals surface area contributed by atoms with Crippen LogP contribution in [0.2, 0.25) is 0 Å². The molecule has 0 amide bonds. The van der Waals surface area contributed by atoms with Crippen molar-refractivity contribution in [3.8, 4) is 0 Å². The Hall–Kier alpha value is -2.14. The number of nitrogens with zero attached hydrogens (tertiary/aromatic N) is 1. The number of aromatic carboxylic acids is 1. The van der Waals surface area contributed by atoms with Crippen molar-refractivity contribution in [2.24, 2.45) is 0 Å². The molecule has 0 radical (unpaired) electrons. The van der Waals surface area contributed by atoms with Crippen molar-refractivity contribution in [2.45, 2.75) is 20.0 Å². The van der Waals surface area contributed by atoms with Crippen LogP contribution in [-0.2, 0) is 13.1 Å². The molecule has 94 valence electrons. The first-order valence-corrected chi connectivity index (χ1v) is 5.59. The maximum atomic E-state index is 10.6. The van der Waals surface area contributed by atoms with Crippen molar-refractivity contribution in [3.63, 3.8) is 0 Å². The smallest absolute Gasteiger partial charge is 0.337 e. The lowest BCUT2D eigenvalue weighted by Crippen LogP contribution is -2.13. The van der Waals surface area contributed by atoms with Crippen LogP contribution in [0.1, 0.15) is 27.6 Å². The van der Waals surface area contributed by atoms with Crippen molar-refractivity contribution < 1.29 is 14.3 Å². The van der Waals surface area contributed by atoms with E-state index in [1.807, 2.05) is 19.1 Å². The van der Waals surface area contributed by atoms with Crippen molar-refractivity contribution in [3.05, 3.63) is 53.2 Å². The minimum absolute atomic E-state index is 0.195. The molecular weight excluding hydrogens is 232 g/mol. The third kappa shape index (κ3) is 3.18. The molecule has 2 heterocycles. The molecule has 0 atom stereocenters. The zero-order valence-corrected chi connectivity index (χ0v) is 10.0. The summed E-state index contributed by atoms with van der Waals surface area (Å²) in [6.45, 7) is 3.09. The van der Waals surface area contributed by atoms with Crippen LogP contribution in [0.15, 0.2) is 34.9 Å². The molecular formula is C13H14N2O3. The van der Waals surface area contributed by atoms with Gasteiger partial charge >= 0.3 is 5.97 Å². The maximum Gasteiger partial charge on any atom is 0.337 e. The van der Waals surface area contributed by atoms with Gasteiger partial charge in [0.1, 0.15) is 11.5 Å². The normalized spacial score (nSPS) is 10.5. The number of nitrogens with one attached hydrogen (secondary N) is 1. The molecule has 0 saturated carbocycles. The Bertz CT molecular complexity index is 531. The number of carboxylic acids is 1. The quantitative estimate of drug-likeness (QED) is 0.843. The molecule has 2 rings (SSSR count). The highest BCUT2D eigenvalue weighted by molar-refractivity contribution is 5.87. The number of aromatic nitrogens is 1. The fraction of sp³-hybridized carbons (Fsp3) is 0.231. The first-order valence-electron chi connectivity index (χ1n) is 5.59. The Kier molecular flexibility index (Phi) is 3.74. The van der Waals surface area contributed by atoms with Crippen LogP contribution in [0.3, 0.4) is 0 Å². The van der Waals surface area contributed by atoms with Crippen LogP contribution >= 0.6 is 0 Å². The van der Waals surface area contributed by atoms with Crippen molar-refractivity contribution in [2.75, 3.05) is 0 Å². The number of aryl methyl sites for hydroxylation is 1. The summed E-state index contributed by atoms with van der Waals surface area (Å²) in [4.78, 5) is 14.7. The fourth-order valence-electron chi connectivity index (χ4n) is 1.55. The van der Waals surface area contributed by atoms with Crippen LogP contribution in [-0.4, -0.2) is 16.1 Å². The van der Waals surface area contributed by atoms with E-state index in [2.05, 4.69) is 10.3 Å². The molecule has 0 aliphatic rings. The average Bonchev–Trinajstić information content (AvgIpc) is 2.76. The van der Waals surface area contributed by atoms with Gasteiger partial charge in [0.2, 0.25) is 0 Å². The van der Waals surface area contributed by atoms with Gasteiger partial charge in [-0.15, -0.1) is 0 Å². The number of carboxylic acid groups (broad SMARTS) is 1. The van der Waals surface area contributed by atoms with E-state index in [-0.39, 0.29) is 5.56 Å². The number of rotatable bonds is 5. The molecule has 0 bridgehead atoms. The van der Waals surface area contributed by atoms with Crippen LogP contribution in [0.4, 0.5) is 0 Å². The SMILES string of the molecule is Cc1ccc(CNCc2ccc(C(=O)O)cn2)o1. The molecule has 0 aliphatic heterocycles. The number of hydrogen-bond acceptors (Lipinski definition) is 4. The van der Waals surface area contributed by atoms with E-state index in [9.17, 15) is 4.79 Å². The van der Waals surface area contributed by atoms with E-state index in [0.29, 0.717) is 13.1 Å².